The number of amides is 1. The van der Waals surface area contributed by atoms with Crippen LogP contribution in [0.3, 0.4) is 0 Å². The van der Waals surface area contributed by atoms with Crippen LogP contribution in [-0.4, -0.2) is 10.8 Å². The summed E-state index contributed by atoms with van der Waals surface area (Å²) in [6.45, 7) is 1.60. The van der Waals surface area contributed by atoms with Crippen LogP contribution in [-0.2, 0) is 12.8 Å². The van der Waals surface area contributed by atoms with E-state index >= 15 is 0 Å². The molecule has 2 aromatic rings. The van der Waals surface area contributed by atoms with Gasteiger partial charge in [-0.1, -0.05) is 6.42 Å². The maximum absolute atomic E-state index is 12.5. The number of benzene rings is 1. The zero-order chi connectivity index (χ0) is 18.0. The molecular weight excluding hydrogens is 338 g/mol. The number of rotatable bonds is 3. The quantitative estimate of drug-likeness (QED) is 0.503. The first-order valence-corrected chi connectivity index (χ1v) is 8.94. The van der Waals surface area contributed by atoms with Crippen LogP contribution in [0.5, 0.6) is 0 Å². The van der Waals surface area contributed by atoms with E-state index in [4.69, 9.17) is 0 Å². The fourth-order valence-corrected chi connectivity index (χ4v) is 4.36. The Bertz CT molecular complexity index is 896. The first-order valence-electron chi connectivity index (χ1n) is 8.12. The predicted octanol–water partition coefficient (Wildman–Crippen LogP) is 4.36. The number of hydrogen-bond acceptors (Lipinski definition) is 5. The van der Waals surface area contributed by atoms with Crippen molar-refractivity contribution in [2.45, 2.75) is 39.0 Å². The third-order valence-electron chi connectivity index (χ3n) is 4.42. The number of nitro groups is 1. The van der Waals surface area contributed by atoms with Gasteiger partial charge in [-0.15, -0.1) is 11.3 Å². The van der Waals surface area contributed by atoms with E-state index in [9.17, 15) is 20.2 Å². The summed E-state index contributed by atoms with van der Waals surface area (Å²) in [4.78, 5) is 24.1. The number of hydrogen-bond donors (Lipinski definition) is 1. The van der Waals surface area contributed by atoms with Crippen molar-refractivity contribution in [3.63, 3.8) is 0 Å². The first kappa shape index (κ1) is 17.1. The van der Waals surface area contributed by atoms with Crippen molar-refractivity contribution in [3.8, 4) is 6.07 Å². The van der Waals surface area contributed by atoms with E-state index in [1.54, 1.807) is 6.92 Å². The van der Waals surface area contributed by atoms with Gasteiger partial charge < -0.3 is 5.32 Å². The summed E-state index contributed by atoms with van der Waals surface area (Å²) < 4.78 is 0. The van der Waals surface area contributed by atoms with E-state index in [0.717, 1.165) is 37.7 Å². The maximum Gasteiger partial charge on any atom is 0.272 e. The number of nitrogens with zero attached hydrogens (tertiary/aromatic N) is 2. The fourth-order valence-electron chi connectivity index (χ4n) is 3.13. The topological polar surface area (TPSA) is 96.0 Å². The Balaban J connectivity index is 1.88. The number of thiophene rings is 1. The molecule has 0 aliphatic heterocycles. The molecule has 6 nitrogen and oxygen atoms in total. The lowest BCUT2D eigenvalue weighted by Crippen LogP contribution is -2.12. The molecule has 0 spiro atoms. The largest absolute Gasteiger partial charge is 0.312 e. The Labute approximate surface area is 149 Å². The highest BCUT2D eigenvalue weighted by Gasteiger charge is 2.22. The second kappa shape index (κ2) is 7.03. The molecule has 25 heavy (non-hydrogen) atoms. The van der Waals surface area contributed by atoms with Crippen molar-refractivity contribution in [1.29, 1.82) is 5.26 Å². The van der Waals surface area contributed by atoms with Gasteiger partial charge in [0.2, 0.25) is 0 Å². The number of fused-ring (bicyclic) bond motifs is 1. The molecule has 0 radical (unpaired) electrons. The molecule has 1 aromatic heterocycles. The standard InChI is InChI=1S/C18H17N3O3S/c1-11-9-12(7-8-15(11)21(23)24)17(22)20-18-14(10-19)13-5-3-2-4-6-16(13)25-18/h7-9H,2-6H2,1H3,(H,20,22). The van der Waals surface area contributed by atoms with Crippen LogP contribution < -0.4 is 5.32 Å². The van der Waals surface area contributed by atoms with E-state index in [-0.39, 0.29) is 11.6 Å². The third-order valence-corrected chi connectivity index (χ3v) is 5.62. The molecule has 128 valence electrons. The van der Waals surface area contributed by atoms with Gasteiger partial charge in [0.1, 0.15) is 11.1 Å². The molecular formula is C18H17N3O3S. The summed E-state index contributed by atoms with van der Waals surface area (Å²) in [6, 6.07) is 6.50. The molecule has 0 saturated carbocycles. The third kappa shape index (κ3) is 3.39. The summed E-state index contributed by atoms with van der Waals surface area (Å²) in [6.07, 6.45) is 5.15. The molecule has 0 fully saturated rings. The molecule has 0 atom stereocenters. The molecule has 1 aromatic carbocycles. The van der Waals surface area contributed by atoms with Crippen LogP contribution in [0.25, 0.3) is 0 Å². The van der Waals surface area contributed by atoms with Gasteiger partial charge in [0.05, 0.1) is 10.5 Å². The lowest BCUT2D eigenvalue weighted by molar-refractivity contribution is -0.385. The molecule has 0 bridgehead atoms. The molecule has 1 aliphatic carbocycles. The zero-order valence-corrected chi connectivity index (χ0v) is 14.6. The summed E-state index contributed by atoms with van der Waals surface area (Å²) in [7, 11) is 0. The van der Waals surface area contributed by atoms with E-state index < -0.39 is 4.92 Å². The second-order valence-electron chi connectivity index (χ2n) is 6.09. The fraction of sp³-hybridized carbons (Fsp3) is 0.333. The van der Waals surface area contributed by atoms with Gasteiger partial charge in [-0.3, -0.25) is 14.9 Å². The molecule has 7 heteroatoms. The summed E-state index contributed by atoms with van der Waals surface area (Å²) in [5.41, 5.74) is 2.39. The number of nitro benzene ring substituents is 1. The van der Waals surface area contributed by atoms with Crippen LogP contribution in [0.4, 0.5) is 10.7 Å². The number of nitriles is 1. The van der Waals surface area contributed by atoms with Crippen LogP contribution in [0.1, 0.15) is 51.2 Å². The van der Waals surface area contributed by atoms with Crippen molar-refractivity contribution >= 4 is 27.9 Å². The number of anilines is 1. The minimum absolute atomic E-state index is 0.0166. The number of nitrogens with one attached hydrogen (secondary N) is 1. The SMILES string of the molecule is Cc1cc(C(=O)Nc2sc3c(c2C#N)CCCCC3)ccc1[N+](=O)[O-]. The van der Waals surface area contributed by atoms with E-state index in [0.29, 0.717) is 21.7 Å². The molecule has 3 rings (SSSR count). The zero-order valence-electron chi connectivity index (χ0n) is 13.8. The van der Waals surface area contributed by atoms with Crippen LogP contribution >= 0.6 is 11.3 Å². The Hall–Kier alpha value is -2.72. The van der Waals surface area contributed by atoms with E-state index in [1.807, 2.05) is 0 Å². The van der Waals surface area contributed by atoms with Gasteiger partial charge in [-0.25, -0.2) is 0 Å². The van der Waals surface area contributed by atoms with Gasteiger partial charge in [-0.05, 0) is 50.3 Å². The Morgan fingerprint density at radius 3 is 2.76 bits per heavy atom. The first-order chi connectivity index (χ1) is 12.0. The van der Waals surface area contributed by atoms with Crippen molar-refractivity contribution < 1.29 is 9.72 Å². The average Bonchev–Trinajstić information content (AvgIpc) is 2.74. The smallest absolute Gasteiger partial charge is 0.272 e. The summed E-state index contributed by atoms with van der Waals surface area (Å²) in [5.74, 6) is -0.356. The Morgan fingerprint density at radius 1 is 1.32 bits per heavy atom. The lowest BCUT2D eigenvalue weighted by Gasteiger charge is -2.05. The average molecular weight is 355 g/mol. The number of aryl methyl sites for hydroxylation is 2. The predicted molar refractivity (Wildman–Crippen MR) is 96.1 cm³/mol. The van der Waals surface area contributed by atoms with Crippen molar-refractivity contribution in [3.05, 3.63) is 55.4 Å². The normalized spacial score (nSPS) is 13.4. The molecule has 1 aliphatic rings. The van der Waals surface area contributed by atoms with E-state index in [1.165, 1.54) is 34.4 Å². The Morgan fingerprint density at radius 2 is 2.08 bits per heavy atom. The van der Waals surface area contributed by atoms with Gasteiger partial charge in [0.15, 0.2) is 0 Å². The van der Waals surface area contributed by atoms with Crippen molar-refractivity contribution in [1.82, 2.24) is 0 Å². The molecule has 0 unspecified atom stereocenters. The van der Waals surface area contributed by atoms with Gasteiger partial charge in [-0.2, -0.15) is 5.26 Å². The molecule has 0 saturated heterocycles. The highest BCUT2D eigenvalue weighted by Crippen LogP contribution is 2.37. The summed E-state index contributed by atoms with van der Waals surface area (Å²) in [5, 5.41) is 23.8. The van der Waals surface area contributed by atoms with Gasteiger partial charge in [0, 0.05) is 22.1 Å². The van der Waals surface area contributed by atoms with Crippen LogP contribution in [0.15, 0.2) is 18.2 Å². The summed E-state index contributed by atoms with van der Waals surface area (Å²) >= 11 is 1.47. The monoisotopic (exact) mass is 355 g/mol. The molecule has 1 amide bonds. The van der Waals surface area contributed by atoms with Crippen LogP contribution in [0.2, 0.25) is 0 Å². The minimum Gasteiger partial charge on any atom is -0.312 e. The number of carbonyl (C=O) groups is 1. The van der Waals surface area contributed by atoms with E-state index in [2.05, 4.69) is 11.4 Å². The second-order valence-corrected chi connectivity index (χ2v) is 7.20. The maximum atomic E-state index is 12.5. The lowest BCUT2D eigenvalue weighted by atomic mass is 10.1. The highest BCUT2D eigenvalue weighted by molar-refractivity contribution is 7.16. The molecule has 1 heterocycles. The van der Waals surface area contributed by atoms with Gasteiger partial charge >= 0.3 is 0 Å². The highest BCUT2D eigenvalue weighted by atomic mass is 32.1. The number of carbonyl (C=O) groups excluding carboxylic acids is 1. The van der Waals surface area contributed by atoms with Crippen molar-refractivity contribution in [2.24, 2.45) is 0 Å². The molecule has 1 N–H and O–H groups in total. The van der Waals surface area contributed by atoms with Gasteiger partial charge in [0.25, 0.3) is 11.6 Å². The Kier molecular flexibility index (Phi) is 4.81. The minimum atomic E-state index is -0.471. The van der Waals surface area contributed by atoms with Crippen LogP contribution in [0, 0.1) is 28.4 Å². The van der Waals surface area contributed by atoms with Crippen molar-refractivity contribution in [2.75, 3.05) is 5.32 Å².